The van der Waals surface area contributed by atoms with Gasteiger partial charge in [-0.3, -0.25) is 4.79 Å². The summed E-state index contributed by atoms with van der Waals surface area (Å²) >= 11 is 3.36. The van der Waals surface area contributed by atoms with Gasteiger partial charge < -0.3 is 15.2 Å². The highest BCUT2D eigenvalue weighted by Gasteiger charge is 2.32. The average Bonchev–Trinajstić information content (AvgIpc) is 2.85. The maximum atomic E-state index is 12.3. The van der Waals surface area contributed by atoms with Crippen molar-refractivity contribution in [2.45, 2.75) is 24.8 Å². The predicted octanol–water partition coefficient (Wildman–Crippen LogP) is 2.46. The van der Waals surface area contributed by atoms with E-state index in [0.29, 0.717) is 18.6 Å². The molecule has 6 heteroatoms. The molecule has 21 heavy (non-hydrogen) atoms. The Balaban J connectivity index is 2.09. The van der Waals surface area contributed by atoms with Crippen molar-refractivity contribution < 1.29 is 19.4 Å². The van der Waals surface area contributed by atoms with E-state index < -0.39 is 17.9 Å². The van der Waals surface area contributed by atoms with Crippen molar-refractivity contribution in [2.75, 3.05) is 6.61 Å². The molecule has 0 radical (unpaired) electrons. The van der Waals surface area contributed by atoms with Gasteiger partial charge in [0.25, 0.3) is 0 Å². The summed E-state index contributed by atoms with van der Waals surface area (Å²) in [7, 11) is 0. The Morgan fingerprint density at radius 1 is 1.57 bits per heavy atom. The van der Waals surface area contributed by atoms with Crippen molar-refractivity contribution >= 4 is 27.8 Å². The predicted molar refractivity (Wildman–Crippen MR) is 81.4 cm³/mol. The van der Waals surface area contributed by atoms with E-state index in [1.165, 1.54) is 0 Å². The van der Waals surface area contributed by atoms with Crippen LogP contribution >= 0.6 is 15.9 Å². The van der Waals surface area contributed by atoms with E-state index in [-0.39, 0.29) is 12.5 Å². The van der Waals surface area contributed by atoms with E-state index in [1.807, 2.05) is 12.1 Å². The molecule has 1 aromatic carbocycles. The number of benzene rings is 1. The van der Waals surface area contributed by atoms with Crippen molar-refractivity contribution in [3.63, 3.8) is 0 Å². The van der Waals surface area contributed by atoms with Gasteiger partial charge in [-0.2, -0.15) is 0 Å². The number of carbonyl (C=O) groups excluding carboxylic acids is 1. The first-order chi connectivity index (χ1) is 10.0. The molecule has 1 aliphatic rings. The topological polar surface area (TPSA) is 75.6 Å². The van der Waals surface area contributed by atoms with Crippen LogP contribution in [0.15, 0.2) is 35.3 Å². The van der Waals surface area contributed by atoms with Crippen LogP contribution in [0.25, 0.3) is 0 Å². The maximum absolute atomic E-state index is 12.3. The highest BCUT2D eigenvalue weighted by molar-refractivity contribution is 9.10. The van der Waals surface area contributed by atoms with E-state index in [2.05, 4.69) is 27.8 Å². The van der Waals surface area contributed by atoms with E-state index in [0.717, 1.165) is 10.0 Å². The summed E-state index contributed by atoms with van der Waals surface area (Å²) in [5, 5.41) is 11.7. The van der Waals surface area contributed by atoms with Crippen LogP contribution in [0, 0.1) is 0 Å². The summed E-state index contributed by atoms with van der Waals surface area (Å²) in [6, 6.07) is 4.54. The lowest BCUT2D eigenvalue weighted by atomic mass is 9.99. The summed E-state index contributed by atoms with van der Waals surface area (Å²) in [4.78, 5) is 23.5. The summed E-state index contributed by atoms with van der Waals surface area (Å²) < 4.78 is 6.32. The molecule has 2 rings (SSSR count). The van der Waals surface area contributed by atoms with Crippen LogP contribution in [0.1, 0.15) is 24.3 Å². The number of aliphatic carboxylic acids is 1. The first kappa shape index (κ1) is 15.6. The van der Waals surface area contributed by atoms with Crippen LogP contribution in [0.2, 0.25) is 0 Å². The van der Waals surface area contributed by atoms with Crippen LogP contribution < -0.4 is 10.1 Å². The standard InChI is InChI=1S/C15H16BrNO4/c1-2-3-4-12(15(19)20)17-14(18)11-8-21-13-6-5-9(16)7-10(11)13/h2,5-7,11-12H,1,3-4,8H2,(H,17,18)(H,19,20). The third kappa shape index (κ3) is 3.64. The third-order valence-electron chi connectivity index (χ3n) is 3.34. The summed E-state index contributed by atoms with van der Waals surface area (Å²) in [5.74, 6) is -1.19. The average molecular weight is 354 g/mol. The van der Waals surface area contributed by atoms with Crippen LogP contribution in [-0.4, -0.2) is 29.6 Å². The molecule has 112 valence electrons. The molecule has 2 unspecified atom stereocenters. The second kappa shape index (κ2) is 6.76. The van der Waals surface area contributed by atoms with Gasteiger partial charge in [0, 0.05) is 10.0 Å². The van der Waals surface area contributed by atoms with E-state index in [1.54, 1.807) is 12.1 Å². The number of carbonyl (C=O) groups is 2. The van der Waals surface area contributed by atoms with Gasteiger partial charge in [0.2, 0.25) is 5.91 Å². The fourth-order valence-corrected chi connectivity index (χ4v) is 2.60. The molecule has 0 saturated carbocycles. The Morgan fingerprint density at radius 3 is 3.00 bits per heavy atom. The number of amides is 1. The number of allylic oxidation sites excluding steroid dienone is 1. The number of fused-ring (bicyclic) bond motifs is 1. The first-order valence-electron chi connectivity index (χ1n) is 6.59. The highest BCUT2D eigenvalue weighted by Crippen LogP contribution is 2.35. The van der Waals surface area contributed by atoms with E-state index in [4.69, 9.17) is 9.84 Å². The van der Waals surface area contributed by atoms with Crippen molar-refractivity contribution in [3.05, 3.63) is 40.9 Å². The number of nitrogens with one attached hydrogen (secondary N) is 1. The summed E-state index contributed by atoms with van der Waals surface area (Å²) in [6.45, 7) is 3.78. The van der Waals surface area contributed by atoms with Crippen LogP contribution in [0.3, 0.4) is 0 Å². The SMILES string of the molecule is C=CCCC(NC(=O)C1COc2ccc(Br)cc21)C(=O)O. The number of ether oxygens (including phenoxy) is 1. The quantitative estimate of drug-likeness (QED) is 0.770. The Kier molecular flexibility index (Phi) is 5.01. The number of halogens is 1. The van der Waals surface area contributed by atoms with Gasteiger partial charge in [-0.1, -0.05) is 22.0 Å². The van der Waals surface area contributed by atoms with Gasteiger partial charge in [-0.25, -0.2) is 4.79 Å². The molecule has 1 aliphatic heterocycles. The fraction of sp³-hybridized carbons (Fsp3) is 0.333. The minimum atomic E-state index is -1.04. The number of rotatable bonds is 6. The molecule has 2 N–H and O–H groups in total. The normalized spacial score (nSPS) is 17.5. The Hall–Kier alpha value is -1.82. The molecule has 1 aromatic rings. The molecule has 0 spiro atoms. The molecule has 1 amide bonds. The lowest BCUT2D eigenvalue weighted by molar-refractivity contribution is -0.142. The molecule has 1 heterocycles. The zero-order valence-electron chi connectivity index (χ0n) is 11.3. The van der Waals surface area contributed by atoms with Gasteiger partial charge in [-0.15, -0.1) is 6.58 Å². The second-order valence-corrected chi connectivity index (χ2v) is 5.73. The number of hydrogen-bond acceptors (Lipinski definition) is 3. The third-order valence-corrected chi connectivity index (χ3v) is 3.84. The molecular formula is C15H16BrNO4. The van der Waals surface area contributed by atoms with Gasteiger partial charge in [-0.05, 0) is 31.0 Å². The van der Waals surface area contributed by atoms with Crippen molar-refractivity contribution in [2.24, 2.45) is 0 Å². The molecular weight excluding hydrogens is 338 g/mol. The lowest BCUT2D eigenvalue weighted by Crippen LogP contribution is -2.43. The lowest BCUT2D eigenvalue weighted by Gasteiger charge is -2.16. The molecule has 0 bridgehead atoms. The monoisotopic (exact) mass is 353 g/mol. The van der Waals surface area contributed by atoms with Gasteiger partial charge in [0.15, 0.2) is 0 Å². The van der Waals surface area contributed by atoms with Crippen molar-refractivity contribution in [1.82, 2.24) is 5.32 Å². The van der Waals surface area contributed by atoms with E-state index >= 15 is 0 Å². The minimum Gasteiger partial charge on any atom is -0.492 e. The zero-order chi connectivity index (χ0) is 15.4. The van der Waals surface area contributed by atoms with Gasteiger partial charge in [0.05, 0.1) is 0 Å². The molecule has 5 nitrogen and oxygen atoms in total. The first-order valence-corrected chi connectivity index (χ1v) is 7.38. The minimum absolute atomic E-state index is 0.228. The number of hydrogen-bond donors (Lipinski definition) is 2. The Morgan fingerprint density at radius 2 is 2.33 bits per heavy atom. The van der Waals surface area contributed by atoms with Crippen LogP contribution in [-0.2, 0) is 9.59 Å². The molecule has 0 saturated heterocycles. The highest BCUT2D eigenvalue weighted by atomic mass is 79.9. The zero-order valence-corrected chi connectivity index (χ0v) is 12.9. The smallest absolute Gasteiger partial charge is 0.326 e. The largest absolute Gasteiger partial charge is 0.492 e. The summed E-state index contributed by atoms with van der Waals surface area (Å²) in [5.41, 5.74) is 0.773. The molecule has 2 atom stereocenters. The summed E-state index contributed by atoms with van der Waals surface area (Å²) in [6.07, 6.45) is 2.48. The maximum Gasteiger partial charge on any atom is 0.326 e. The molecule has 0 aliphatic carbocycles. The number of carboxylic acid groups (broad SMARTS) is 1. The van der Waals surface area contributed by atoms with Crippen molar-refractivity contribution in [3.8, 4) is 5.75 Å². The molecule has 0 aromatic heterocycles. The fourth-order valence-electron chi connectivity index (χ4n) is 2.22. The Bertz CT molecular complexity index is 573. The van der Waals surface area contributed by atoms with Gasteiger partial charge in [0.1, 0.15) is 24.3 Å². The number of carboxylic acids is 1. The van der Waals surface area contributed by atoms with Crippen LogP contribution in [0.5, 0.6) is 5.75 Å². The Labute approximate surface area is 131 Å². The van der Waals surface area contributed by atoms with Crippen LogP contribution in [0.4, 0.5) is 0 Å². The molecule has 0 fully saturated rings. The van der Waals surface area contributed by atoms with Crippen molar-refractivity contribution in [1.29, 1.82) is 0 Å². The van der Waals surface area contributed by atoms with E-state index in [9.17, 15) is 9.59 Å². The van der Waals surface area contributed by atoms with Gasteiger partial charge >= 0.3 is 5.97 Å². The second-order valence-electron chi connectivity index (χ2n) is 4.81.